The van der Waals surface area contributed by atoms with Crippen LogP contribution in [0.15, 0.2) is 48.5 Å². The van der Waals surface area contributed by atoms with Gasteiger partial charge in [-0.05, 0) is 49.5 Å². The van der Waals surface area contributed by atoms with E-state index in [-0.39, 0.29) is 5.52 Å². The average molecular weight is 446 g/mol. The van der Waals surface area contributed by atoms with Crippen LogP contribution in [0.5, 0.6) is 0 Å². The first-order valence-corrected chi connectivity index (χ1v) is 11.6. The maximum Gasteiger partial charge on any atom is 0.180 e. The standard InChI is InChI=1S/C26H25F2N5/c1-14-15-7-9-17(10-8-15)23(14)30-22-13-21(16-5-3-2-4-6-16)29-26(31-22)25-19-11-18(27)12-20(28)24(19)32-33-25/h2-6,11-15,17,23H,7-10H2,1H3,(H,32,33)(H,29,30,31)/t14-,15?,17?,23+/m1/s1. The second kappa shape index (κ2) is 7.90. The first kappa shape index (κ1) is 20.3. The number of aromatic nitrogens is 4. The van der Waals surface area contributed by atoms with Crippen molar-refractivity contribution in [3.63, 3.8) is 0 Å². The van der Waals surface area contributed by atoms with Crippen molar-refractivity contribution in [3.05, 3.63) is 60.2 Å². The van der Waals surface area contributed by atoms with Crippen LogP contribution in [0.1, 0.15) is 32.6 Å². The number of hydrogen-bond donors (Lipinski definition) is 2. The van der Waals surface area contributed by atoms with Gasteiger partial charge in [-0.1, -0.05) is 37.3 Å². The van der Waals surface area contributed by atoms with Crippen LogP contribution in [0.2, 0.25) is 0 Å². The minimum Gasteiger partial charge on any atom is -0.367 e. The second-order valence-corrected chi connectivity index (χ2v) is 9.41. The van der Waals surface area contributed by atoms with Crippen LogP contribution in [0.4, 0.5) is 14.6 Å². The van der Waals surface area contributed by atoms with Crippen molar-refractivity contribution >= 4 is 16.7 Å². The Bertz CT molecular complexity index is 1310. The Kier molecular flexibility index (Phi) is 4.85. The summed E-state index contributed by atoms with van der Waals surface area (Å²) in [6, 6.07) is 14.3. The number of benzene rings is 2. The molecule has 2 heterocycles. The van der Waals surface area contributed by atoms with Crippen LogP contribution in [0.3, 0.4) is 0 Å². The van der Waals surface area contributed by atoms with Gasteiger partial charge in [-0.15, -0.1) is 0 Å². The number of anilines is 1. The molecule has 0 radical (unpaired) electrons. The highest BCUT2D eigenvalue weighted by Crippen LogP contribution is 2.46. The molecule has 168 valence electrons. The molecule has 0 unspecified atom stereocenters. The minimum atomic E-state index is -0.711. The molecule has 3 aliphatic rings. The predicted molar refractivity (Wildman–Crippen MR) is 124 cm³/mol. The van der Waals surface area contributed by atoms with Crippen molar-refractivity contribution in [2.24, 2.45) is 17.8 Å². The van der Waals surface area contributed by atoms with E-state index in [1.807, 2.05) is 36.4 Å². The molecule has 7 heteroatoms. The third-order valence-electron chi connectivity index (χ3n) is 7.55. The molecule has 7 rings (SSSR count). The maximum absolute atomic E-state index is 14.3. The summed E-state index contributed by atoms with van der Waals surface area (Å²) in [4.78, 5) is 9.53. The molecule has 2 aromatic carbocycles. The summed E-state index contributed by atoms with van der Waals surface area (Å²) in [7, 11) is 0. The Morgan fingerprint density at radius 1 is 0.939 bits per heavy atom. The van der Waals surface area contributed by atoms with Crippen LogP contribution in [0, 0.1) is 29.4 Å². The molecule has 2 atom stereocenters. The van der Waals surface area contributed by atoms with Gasteiger partial charge in [-0.3, -0.25) is 5.10 Å². The van der Waals surface area contributed by atoms with E-state index >= 15 is 0 Å². The van der Waals surface area contributed by atoms with Crippen molar-refractivity contribution < 1.29 is 8.78 Å². The van der Waals surface area contributed by atoms with Gasteiger partial charge in [0.05, 0.1) is 5.69 Å². The van der Waals surface area contributed by atoms with Crippen molar-refractivity contribution in [2.45, 2.75) is 38.6 Å². The Balaban J connectivity index is 1.46. The minimum absolute atomic E-state index is 0.0767. The quantitative estimate of drug-likeness (QED) is 0.392. The first-order chi connectivity index (χ1) is 16.1. The molecule has 3 saturated carbocycles. The predicted octanol–water partition coefficient (Wildman–Crippen LogP) is 6.20. The van der Waals surface area contributed by atoms with Gasteiger partial charge in [-0.25, -0.2) is 18.7 Å². The van der Waals surface area contributed by atoms with Crippen LogP contribution in [0.25, 0.3) is 33.7 Å². The van der Waals surface area contributed by atoms with Gasteiger partial charge in [0.2, 0.25) is 0 Å². The third-order valence-corrected chi connectivity index (χ3v) is 7.55. The van der Waals surface area contributed by atoms with E-state index in [4.69, 9.17) is 9.97 Å². The molecular formula is C26H25F2N5. The molecule has 2 aromatic heterocycles. The van der Waals surface area contributed by atoms with E-state index in [0.717, 1.165) is 29.1 Å². The topological polar surface area (TPSA) is 66.5 Å². The van der Waals surface area contributed by atoms with Crippen molar-refractivity contribution in [2.75, 3.05) is 5.32 Å². The van der Waals surface area contributed by atoms with Gasteiger partial charge in [0.25, 0.3) is 0 Å². The number of nitrogens with zero attached hydrogens (tertiary/aromatic N) is 3. The fraction of sp³-hybridized carbons (Fsp3) is 0.346. The summed E-state index contributed by atoms with van der Waals surface area (Å²) in [5, 5.41) is 10.9. The lowest BCUT2D eigenvalue weighted by Crippen LogP contribution is -2.47. The highest BCUT2D eigenvalue weighted by atomic mass is 19.1. The van der Waals surface area contributed by atoms with E-state index in [1.54, 1.807) is 0 Å². The molecular weight excluding hydrogens is 420 g/mol. The maximum atomic E-state index is 14.3. The molecule has 4 aromatic rings. The molecule has 5 nitrogen and oxygen atoms in total. The molecule has 2 N–H and O–H groups in total. The zero-order valence-corrected chi connectivity index (χ0v) is 18.4. The average Bonchev–Trinajstić information content (AvgIpc) is 3.26. The van der Waals surface area contributed by atoms with E-state index < -0.39 is 11.6 Å². The smallest absolute Gasteiger partial charge is 0.180 e. The number of rotatable bonds is 4. The fourth-order valence-corrected chi connectivity index (χ4v) is 5.77. The number of hydrogen-bond acceptors (Lipinski definition) is 4. The number of nitrogens with one attached hydrogen (secondary N) is 2. The van der Waals surface area contributed by atoms with Gasteiger partial charge in [0.1, 0.15) is 22.8 Å². The summed E-state index contributed by atoms with van der Waals surface area (Å²) in [6.45, 7) is 2.34. The van der Waals surface area contributed by atoms with Gasteiger partial charge >= 0.3 is 0 Å². The lowest BCUT2D eigenvalue weighted by Gasteiger charge is -2.47. The van der Waals surface area contributed by atoms with E-state index in [2.05, 4.69) is 22.4 Å². The lowest BCUT2D eigenvalue weighted by atomic mass is 9.62. The van der Waals surface area contributed by atoms with Crippen LogP contribution in [-0.4, -0.2) is 26.2 Å². The van der Waals surface area contributed by atoms with Crippen molar-refractivity contribution in [1.29, 1.82) is 0 Å². The number of fused-ring (bicyclic) bond motifs is 4. The molecule has 0 spiro atoms. The Labute approximate surface area is 190 Å². The Morgan fingerprint density at radius 3 is 2.45 bits per heavy atom. The molecule has 0 saturated heterocycles. The summed E-state index contributed by atoms with van der Waals surface area (Å²) >= 11 is 0. The first-order valence-electron chi connectivity index (χ1n) is 11.6. The van der Waals surface area contributed by atoms with Crippen molar-refractivity contribution in [3.8, 4) is 22.8 Å². The second-order valence-electron chi connectivity index (χ2n) is 9.41. The molecule has 3 aliphatic carbocycles. The normalized spacial score (nSPS) is 24.3. The molecule has 0 aliphatic heterocycles. The Hall–Kier alpha value is -3.35. The summed E-state index contributed by atoms with van der Waals surface area (Å²) in [6.07, 6.45) is 5.12. The van der Waals surface area contributed by atoms with Crippen LogP contribution < -0.4 is 5.32 Å². The van der Waals surface area contributed by atoms with E-state index in [0.29, 0.717) is 34.8 Å². The van der Waals surface area contributed by atoms with Crippen LogP contribution in [-0.2, 0) is 0 Å². The highest BCUT2D eigenvalue weighted by molar-refractivity contribution is 5.92. The zero-order chi connectivity index (χ0) is 22.5. The summed E-state index contributed by atoms with van der Waals surface area (Å²) in [5.74, 6) is 1.68. The van der Waals surface area contributed by atoms with Gasteiger partial charge < -0.3 is 5.32 Å². The molecule has 0 amide bonds. The summed E-state index contributed by atoms with van der Waals surface area (Å²) in [5.41, 5.74) is 2.18. The van der Waals surface area contributed by atoms with Crippen molar-refractivity contribution in [1.82, 2.24) is 20.2 Å². The SMILES string of the molecule is C[C@@H]1C2CCC(CC2)[C@H]1Nc1cc(-c2ccccc2)nc(-c2[nH]nc3c(F)cc(F)cc23)n1. The third kappa shape index (κ3) is 3.56. The lowest BCUT2D eigenvalue weighted by molar-refractivity contribution is 0.0928. The summed E-state index contributed by atoms with van der Waals surface area (Å²) < 4.78 is 28.3. The number of H-pyrrole nitrogens is 1. The van der Waals surface area contributed by atoms with Gasteiger partial charge in [0, 0.05) is 29.1 Å². The highest BCUT2D eigenvalue weighted by Gasteiger charge is 2.41. The molecule has 33 heavy (non-hydrogen) atoms. The monoisotopic (exact) mass is 445 g/mol. The van der Waals surface area contributed by atoms with Crippen LogP contribution >= 0.6 is 0 Å². The molecule has 3 fully saturated rings. The number of halogens is 2. The van der Waals surface area contributed by atoms with Gasteiger partial charge in [-0.2, -0.15) is 5.10 Å². The van der Waals surface area contributed by atoms with E-state index in [1.165, 1.54) is 31.7 Å². The fourth-order valence-electron chi connectivity index (χ4n) is 5.77. The molecule has 2 bridgehead atoms. The Morgan fingerprint density at radius 2 is 1.70 bits per heavy atom. The van der Waals surface area contributed by atoms with Gasteiger partial charge in [0.15, 0.2) is 11.6 Å². The largest absolute Gasteiger partial charge is 0.367 e. The van der Waals surface area contributed by atoms with E-state index in [9.17, 15) is 8.78 Å². The number of aromatic amines is 1. The zero-order valence-electron chi connectivity index (χ0n) is 18.4.